The number of benzene rings is 2. The van der Waals surface area contributed by atoms with E-state index in [1.807, 2.05) is 31.2 Å². The van der Waals surface area contributed by atoms with Gasteiger partial charge in [0.15, 0.2) is 0 Å². The van der Waals surface area contributed by atoms with E-state index < -0.39 is 6.61 Å². The monoisotopic (exact) mass is 291 g/mol. The van der Waals surface area contributed by atoms with Gasteiger partial charge < -0.3 is 10.1 Å². The molecule has 0 atom stereocenters. The van der Waals surface area contributed by atoms with Crippen LogP contribution in [0.25, 0.3) is 0 Å². The number of amides is 1. The number of ether oxygens (including phenoxy) is 1. The Labute approximate surface area is 121 Å². The summed E-state index contributed by atoms with van der Waals surface area (Å²) < 4.78 is 28.3. The minimum atomic E-state index is -2.87. The van der Waals surface area contributed by atoms with Gasteiger partial charge in [-0.25, -0.2) is 0 Å². The number of carbonyl (C=O) groups is 1. The van der Waals surface area contributed by atoms with Gasteiger partial charge >= 0.3 is 6.61 Å². The fourth-order valence-electron chi connectivity index (χ4n) is 1.89. The van der Waals surface area contributed by atoms with Crippen molar-refractivity contribution in [2.24, 2.45) is 0 Å². The Hall–Kier alpha value is -2.43. The molecule has 3 nitrogen and oxygen atoms in total. The van der Waals surface area contributed by atoms with Gasteiger partial charge in [0, 0.05) is 12.1 Å². The van der Waals surface area contributed by atoms with Gasteiger partial charge in [-0.15, -0.1) is 0 Å². The van der Waals surface area contributed by atoms with E-state index in [1.54, 1.807) is 0 Å². The van der Waals surface area contributed by atoms with Crippen molar-refractivity contribution in [3.05, 3.63) is 65.2 Å². The summed E-state index contributed by atoms with van der Waals surface area (Å²) in [4.78, 5) is 11.9. The summed E-state index contributed by atoms with van der Waals surface area (Å²) in [6.45, 7) is -0.478. The first-order valence-corrected chi connectivity index (χ1v) is 6.43. The molecule has 0 aliphatic heterocycles. The Bertz CT molecular complexity index is 612. The maximum Gasteiger partial charge on any atom is 0.387 e. The number of hydrogen-bond acceptors (Lipinski definition) is 2. The standard InChI is InChI=1S/C16H15F2NO2/c1-11-3-2-4-12(9-11)10-19-15(20)13-5-7-14(8-6-13)21-16(17)18/h2-9,16H,10H2,1H3,(H,19,20). The van der Waals surface area contributed by atoms with Crippen molar-refractivity contribution in [2.45, 2.75) is 20.1 Å². The summed E-state index contributed by atoms with van der Waals surface area (Å²) in [5, 5.41) is 2.77. The Kier molecular flexibility index (Phi) is 4.87. The molecular formula is C16H15F2NO2. The lowest BCUT2D eigenvalue weighted by Crippen LogP contribution is -2.22. The predicted molar refractivity (Wildman–Crippen MR) is 75.4 cm³/mol. The molecule has 110 valence electrons. The molecule has 5 heteroatoms. The van der Waals surface area contributed by atoms with E-state index in [4.69, 9.17) is 0 Å². The summed E-state index contributed by atoms with van der Waals surface area (Å²) in [6, 6.07) is 13.4. The van der Waals surface area contributed by atoms with Crippen LogP contribution in [0.2, 0.25) is 0 Å². The average molecular weight is 291 g/mol. The lowest BCUT2D eigenvalue weighted by atomic mass is 10.1. The number of aryl methyl sites for hydroxylation is 1. The summed E-state index contributed by atoms with van der Waals surface area (Å²) in [5.74, 6) is -0.236. The van der Waals surface area contributed by atoms with Gasteiger partial charge in [0.25, 0.3) is 5.91 Å². The van der Waals surface area contributed by atoms with Crippen molar-refractivity contribution in [3.63, 3.8) is 0 Å². The highest BCUT2D eigenvalue weighted by Crippen LogP contribution is 2.15. The molecule has 0 heterocycles. The first-order chi connectivity index (χ1) is 10.0. The van der Waals surface area contributed by atoms with Crippen LogP contribution in [-0.2, 0) is 6.54 Å². The van der Waals surface area contributed by atoms with Crippen LogP contribution in [0, 0.1) is 6.92 Å². The first-order valence-electron chi connectivity index (χ1n) is 6.43. The predicted octanol–water partition coefficient (Wildman–Crippen LogP) is 3.53. The van der Waals surface area contributed by atoms with Crippen LogP contribution in [-0.4, -0.2) is 12.5 Å². The highest BCUT2D eigenvalue weighted by molar-refractivity contribution is 5.94. The van der Waals surface area contributed by atoms with Gasteiger partial charge in [-0.3, -0.25) is 4.79 Å². The Balaban J connectivity index is 1.94. The Morgan fingerprint density at radius 1 is 1.19 bits per heavy atom. The van der Waals surface area contributed by atoms with Crippen LogP contribution >= 0.6 is 0 Å². The minimum Gasteiger partial charge on any atom is -0.435 e. The molecule has 1 amide bonds. The van der Waals surface area contributed by atoms with Crippen molar-refractivity contribution in [2.75, 3.05) is 0 Å². The van der Waals surface area contributed by atoms with Gasteiger partial charge in [-0.2, -0.15) is 8.78 Å². The van der Waals surface area contributed by atoms with E-state index in [2.05, 4.69) is 10.1 Å². The lowest BCUT2D eigenvalue weighted by molar-refractivity contribution is -0.0498. The van der Waals surface area contributed by atoms with Crippen LogP contribution in [0.1, 0.15) is 21.5 Å². The van der Waals surface area contributed by atoms with Gasteiger partial charge in [-0.05, 0) is 36.8 Å². The van der Waals surface area contributed by atoms with E-state index in [1.165, 1.54) is 24.3 Å². The number of hydrogen-bond donors (Lipinski definition) is 1. The van der Waals surface area contributed by atoms with Crippen LogP contribution in [0.15, 0.2) is 48.5 Å². The zero-order chi connectivity index (χ0) is 15.2. The number of nitrogens with one attached hydrogen (secondary N) is 1. The topological polar surface area (TPSA) is 38.3 Å². The lowest BCUT2D eigenvalue weighted by Gasteiger charge is -2.07. The van der Waals surface area contributed by atoms with Gasteiger partial charge in [0.2, 0.25) is 0 Å². The maximum atomic E-state index is 12.0. The smallest absolute Gasteiger partial charge is 0.387 e. The van der Waals surface area contributed by atoms with Crippen molar-refractivity contribution >= 4 is 5.91 Å². The third-order valence-corrected chi connectivity index (χ3v) is 2.88. The largest absolute Gasteiger partial charge is 0.435 e. The molecule has 0 unspecified atom stereocenters. The SMILES string of the molecule is Cc1cccc(CNC(=O)c2ccc(OC(F)F)cc2)c1. The van der Waals surface area contributed by atoms with Crippen molar-refractivity contribution in [1.29, 1.82) is 0 Å². The number of halogens is 2. The third kappa shape index (κ3) is 4.56. The molecule has 0 bridgehead atoms. The van der Waals surface area contributed by atoms with Crippen LogP contribution in [0.3, 0.4) is 0 Å². The summed E-state index contributed by atoms with van der Waals surface area (Å²) in [7, 11) is 0. The van der Waals surface area contributed by atoms with Crippen molar-refractivity contribution in [1.82, 2.24) is 5.32 Å². The van der Waals surface area contributed by atoms with E-state index in [0.717, 1.165) is 11.1 Å². The van der Waals surface area contributed by atoms with Crippen molar-refractivity contribution in [3.8, 4) is 5.75 Å². The van der Waals surface area contributed by atoms with Gasteiger partial charge in [0.05, 0.1) is 0 Å². The number of carbonyl (C=O) groups excluding carboxylic acids is 1. The third-order valence-electron chi connectivity index (χ3n) is 2.88. The number of alkyl halides is 2. The van der Waals surface area contributed by atoms with E-state index >= 15 is 0 Å². The highest BCUT2D eigenvalue weighted by Gasteiger charge is 2.07. The van der Waals surface area contributed by atoms with Crippen LogP contribution < -0.4 is 10.1 Å². The average Bonchev–Trinajstić information content (AvgIpc) is 2.45. The number of rotatable bonds is 5. The molecule has 21 heavy (non-hydrogen) atoms. The fraction of sp³-hybridized carbons (Fsp3) is 0.188. The fourth-order valence-corrected chi connectivity index (χ4v) is 1.89. The normalized spacial score (nSPS) is 10.5. The molecule has 2 aromatic rings. The summed E-state index contributed by atoms with van der Waals surface area (Å²) >= 11 is 0. The highest BCUT2D eigenvalue weighted by atomic mass is 19.3. The molecule has 0 saturated carbocycles. The Morgan fingerprint density at radius 3 is 2.52 bits per heavy atom. The molecule has 1 N–H and O–H groups in total. The second kappa shape index (κ2) is 6.83. The Morgan fingerprint density at radius 2 is 1.90 bits per heavy atom. The van der Waals surface area contributed by atoms with E-state index in [0.29, 0.717) is 12.1 Å². The van der Waals surface area contributed by atoms with E-state index in [9.17, 15) is 13.6 Å². The molecule has 0 aliphatic rings. The molecule has 0 saturated heterocycles. The second-order valence-electron chi connectivity index (χ2n) is 4.57. The molecule has 0 aromatic heterocycles. The maximum absolute atomic E-state index is 12.0. The molecule has 0 aliphatic carbocycles. The molecule has 0 spiro atoms. The quantitative estimate of drug-likeness (QED) is 0.915. The molecule has 0 radical (unpaired) electrons. The van der Waals surface area contributed by atoms with Crippen molar-refractivity contribution < 1.29 is 18.3 Å². The van der Waals surface area contributed by atoms with Crippen LogP contribution in [0.5, 0.6) is 5.75 Å². The first kappa shape index (κ1) is 15.0. The van der Waals surface area contributed by atoms with Gasteiger partial charge in [-0.1, -0.05) is 29.8 Å². The zero-order valence-corrected chi connectivity index (χ0v) is 11.5. The second-order valence-corrected chi connectivity index (χ2v) is 4.57. The summed E-state index contributed by atoms with van der Waals surface area (Å²) in [6.07, 6.45) is 0. The zero-order valence-electron chi connectivity index (χ0n) is 11.5. The minimum absolute atomic E-state index is 0.0280. The van der Waals surface area contributed by atoms with E-state index in [-0.39, 0.29) is 11.7 Å². The molecule has 0 fully saturated rings. The van der Waals surface area contributed by atoms with Crippen LogP contribution in [0.4, 0.5) is 8.78 Å². The molecule has 2 aromatic carbocycles. The molecule has 2 rings (SSSR count). The summed E-state index contributed by atoms with van der Waals surface area (Å²) in [5.41, 5.74) is 2.51. The van der Waals surface area contributed by atoms with Gasteiger partial charge in [0.1, 0.15) is 5.75 Å². The molecular weight excluding hydrogens is 276 g/mol.